The lowest BCUT2D eigenvalue weighted by Gasteiger charge is -2.15. The number of fused-ring (bicyclic) bond motifs is 3. The van der Waals surface area contributed by atoms with E-state index in [1.807, 2.05) is 6.07 Å². The van der Waals surface area contributed by atoms with Crippen molar-refractivity contribution in [3.05, 3.63) is 101 Å². The fraction of sp³-hybridized carbons (Fsp3) is 0.0741. The van der Waals surface area contributed by atoms with Crippen LogP contribution in [0.25, 0.3) is 27.5 Å². The Bertz CT molecular complexity index is 1680. The van der Waals surface area contributed by atoms with E-state index in [4.69, 9.17) is 0 Å². The monoisotopic (exact) mass is 488 g/mol. The molecule has 0 bridgehead atoms. The Morgan fingerprint density at radius 2 is 1.61 bits per heavy atom. The lowest BCUT2D eigenvalue weighted by molar-refractivity contribution is -0.137. The Morgan fingerprint density at radius 3 is 2.33 bits per heavy atom. The highest BCUT2D eigenvalue weighted by atomic mass is 19.4. The molecule has 6 nitrogen and oxygen atoms in total. The minimum atomic E-state index is -4.54. The van der Waals surface area contributed by atoms with Gasteiger partial charge in [-0.1, -0.05) is 6.07 Å². The van der Waals surface area contributed by atoms with E-state index in [1.54, 1.807) is 48.7 Å². The summed E-state index contributed by atoms with van der Waals surface area (Å²) in [4.78, 5) is 28.6. The van der Waals surface area contributed by atoms with Crippen molar-refractivity contribution >= 4 is 44.8 Å². The molecule has 5 aromatic rings. The predicted octanol–water partition coefficient (Wildman–Crippen LogP) is 6.26. The third-order valence-corrected chi connectivity index (χ3v) is 5.64. The summed E-state index contributed by atoms with van der Waals surface area (Å²) < 4.78 is 41.4. The first-order valence-electron chi connectivity index (χ1n) is 11.0. The zero-order chi connectivity index (χ0) is 25.4. The summed E-state index contributed by atoms with van der Waals surface area (Å²) in [5, 5.41) is 7.18. The van der Waals surface area contributed by atoms with Crippen LogP contribution < -0.4 is 16.2 Å². The number of halogens is 3. The molecule has 9 heteroatoms. The van der Waals surface area contributed by atoms with Crippen molar-refractivity contribution in [3.63, 3.8) is 0 Å². The van der Waals surface area contributed by atoms with E-state index in [-0.39, 0.29) is 11.6 Å². The molecule has 0 aliphatic rings. The molecule has 0 aliphatic heterocycles. The summed E-state index contributed by atoms with van der Waals surface area (Å²) in [5.41, 5.74) is 1.96. The molecule has 0 atom stereocenters. The molecule has 180 valence electrons. The van der Waals surface area contributed by atoms with Crippen LogP contribution in [-0.4, -0.2) is 15.5 Å². The average molecular weight is 488 g/mol. The zero-order valence-electron chi connectivity index (χ0n) is 18.9. The summed E-state index contributed by atoms with van der Waals surface area (Å²) in [6.45, 7) is 1.43. The van der Waals surface area contributed by atoms with E-state index in [9.17, 15) is 22.8 Å². The standard InChI is InChI=1S/C27H19F3N4O2/c1-16(35)32-19-6-8-20(9-7-19)33-21-10-11-24-23(14-21)26-17(15-31-24)5-12-25(36)34(26)22-4-2-3-18(13-22)27(28,29)30/h2-15,33H,1H3,(H,32,35). The molecule has 0 saturated heterocycles. The molecule has 0 aliphatic carbocycles. The van der Waals surface area contributed by atoms with E-state index >= 15 is 0 Å². The Hall–Kier alpha value is -4.66. The molecular formula is C27H19F3N4O2. The van der Waals surface area contributed by atoms with E-state index in [2.05, 4.69) is 15.6 Å². The Morgan fingerprint density at radius 1 is 0.889 bits per heavy atom. The molecule has 0 fully saturated rings. The quantitative estimate of drug-likeness (QED) is 0.293. The second kappa shape index (κ2) is 8.84. The molecule has 3 aromatic carbocycles. The van der Waals surface area contributed by atoms with E-state index in [0.29, 0.717) is 33.2 Å². The maximum atomic E-state index is 13.4. The van der Waals surface area contributed by atoms with Crippen molar-refractivity contribution < 1.29 is 18.0 Å². The number of rotatable bonds is 4. The Kier molecular flexibility index (Phi) is 5.68. The number of aromatic nitrogens is 2. The zero-order valence-corrected chi connectivity index (χ0v) is 18.9. The van der Waals surface area contributed by atoms with Crippen LogP contribution in [0, 0.1) is 0 Å². The van der Waals surface area contributed by atoms with Crippen LogP contribution in [0.4, 0.5) is 30.2 Å². The van der Waals surface area contributed by atoms with Gasteiger partial charge in [0.15, 0.2) is 0 Å². The number of carbonyl (C=O) groups excluding carboxylic acids is 1. The fourth-order valence-electron chi connectivity index (χ4n) is 4.07. The van der Waals surface area contributed by atoms with Gasteiger partial charge in [0.25, 0.3) is 5.56 Å². The lowest BCUT2D eigenvalue weighted by atomic mass is 10.1. The second-order valence-electron chi connectivity index (χ2n) is 8.23. The Balaban J connectivity index is 1.64. The topological polar surface area (TPSA) is 76.0 Å². The number of benzene rings is 3. The summed E-state index contributed by atoms with van der Waals surface area (Å²) in [6, 6.07) is 20.1. The van der Waals surface area contributed by atoms with Gasteiger partial charge < -0.3 is 10.6 Å². The van der Waals surface area contributed by atoms with Gasteiger partial charge in [-0.05, 0) is 66.7 Å². The summed E-state index contributed by atoms with van der Waals surface area (Å²) in [6.07, 6.45) is -2.95. The molecule has 2 aromatic heterocycles. The molecule has 2 heterocycles. The number of hydrogen-bond acceptors (Lipinski definition) is 4. The molecular weight excluding hydrogens is 469 g/mol. The maximum Gasteiger partial charge on any atom is 0.416 e. The lowest BCUT2D eigenvalue weighted by Crippen LogP contribution is -2.18. The number of anilines is 3. The SMILES string of the molecule is CC(=O)Nc1ccc(Nc2ccc3ncc4ccc(=O)n(-c5cccc(C(F)(F)F)c5)c4c3c2)cc1. The number of nitrogens with zero attached hydrogens (tertiary/aromatic N) is 2. The number of amides is 1. The smallest absolute Gasteiger partial charge is 0.356 e. The van der Waals surface area contributed by atoms with Gasteiger partial charge in [-0.25, -0.2) is 0 Å². The Labute approximate surface area is 203 Å². The second-order valence-corrected chi connectivity index (χ2v) is 8.23. The van der Waals surface area contributed by atoms with Crippen molar-refractivity contribution in [2.24, 2.45) is 0 Å². The van der Waals surface area contributed by atoms with Crippen LogP contribution >= 0.6 is 0 Å². The summed E-state index contributed by atoms with van der Waals surface area (Å²) in [7, 11) is 0. The number of nitrogens with one attached hydrogen (secondary N) is 2. The highest BCUT2D eigenvalue weighted by Gasteiger charge is 2.30. The number of alkyl halides is 3. The third-order valence-electron chi connectivity index (χ3n) is 5.64. The first kappa shape index (κ1) is 23.1. The van der Waals surface area contributed by atoms with Crippen molar-refractivity contribution in [1.29, 1.82) is 0 Å². The van der Waals surface area contributed by atoms with Crippen molar-refractivity contribution in [2.75, 3.05) is 10.6 Å². The van der Waals surface area contributed by atoms with Crippen molar-refractivity contribution in [3.8, 4) is 5.69 Å². The largest absolute Gasteiger partial charge is 0.416 e. The predicted molar refractivity (Wildman–Crippen MR) is 134 cm³/mol. The van der Waals surface area contributed by atoms with E-state index < -0.39 is 17.3 Å². The van der Waals surface area contributed by atoms with Crippen LogP contribution in [0.1, 0.15) is 12.5 Å². The molecule has 0 saturated carbocycles. The molecule has 0 radical (unpaired) electrons. The van der Waals surface area contributed by atoms with Gasteiger partial charge in [-0.2, -0.15) is 13.2 Å². The highest BCUT2D eigenvalue weighted by molar-refractivity contribution is 6.05. The van der Waals surface area contributed by atoms with E-state index in [1.165, 1.54) is 29.7 Å². The maximum absolute atomic E-state index is 13.4. The minimum absolute atomic E-state index is 0.111. The van der Waals surface area contributed by atoms with Gasteiger partial charge in [-0.3, -0.25) is 19.1 Å². The first-order chi connectivity index (χ1) is 17.2. The number of carbonyl (C=O) groups is 1. The molecule has 36 heavy (non-hydrogen) atoms. The van der Waals surface area contributed by atoms with Gasteiger partial charge in [0, 0.05) is 52.7 Å². The van der Waals surface area contributed by atoms with Crippen molar-refractivity contribution in [1.82, 2.24) is 9.55 Å². The summed E-state index contributed by atoms with van der Waals surface area (Å²) in [5.74, 6) is -0.170. The summed E-state index contributed by atoms with van der Waals surface area (Å²) >= 11 is 0. The average Bonchev–Trinajstić information content (AvgIpc) is 2.84. The molecule has 5 rings (SSSR count). The van der Waals surface area contributed by atoms with Gasteiger partial charge >= 0.3 is 6.18 Å². The van der Waals surface area contributed by atoms with Crippen molar-refractivity contribution in [2.45, 2.75) is 13.1 Å². The molecule has 0 spiro atoms. The van der Waals surface area contributed by atoms with Gasteiger partial charge in [0.05, 0.1) is 16.6 Å². The normalized spacial score (nSPS) is 11.6. The van der Waals surface area contributed by atoms with Crippen LogP contribution in [0.5, 0.6) is 0 Å². The van der Waals surface area contributed by atoms with Crippen LogP contribution in [0.15, 0.2) is 89.9 Å². The third kappa shape index (κ3) is 4.50. The number of pyridine rings is 2. The van der Waals surface area contributed by atoms with Gasteiger partial charge in [0.1, 0.15) is 0 Å². The van der Waals surface area contributed by atoms with Gasteiger partial charge in [0.2, 0.25) is 5.91 Å². The minimum Gasteiger partial charge on any atom is -0.356 e. The molecule has 1 amide bonds. The van der Waals surface area contributed by atoms with E-state index in [0.717, 1.165) is 17.8 Å². The number of hydrogen-bond donors (Lipinski definition) is 2. The molecule has 2 N–H and O–H groups in total. The fourth-order valence-corrected chi connectivity index (χ4v) is 4.07. The van der Waals surface area contributed by atoms with Crippen LogP contribution in [0.2, 0.25) is 0 Å². The van der Waals surface area contributed by atoms with Crippen LogP contribution in [-0.2, 0) is 11.0 Å². The molecule has 0 unspecified atom stereocenters. The van der Waals surface area contributed by atoms with Crippen LogP contribution in [0.3, 0.4) is 0 Å². The highest BCUT2D eigenvalue weighted by Crippen LogP contribution is 2.32. The van der Waals surface area contributed by atoms with Gasteiger partial charge in [-0.15, -0.1) is 0 Å². The first-order valence-corrected chi connectivity index (χ1v) is 11.0.